The number of hydrogen-bond acceptors (Lipinski definition) is 5. The molecule has 1 aromatic rings. The predicted octanol–water partition coefficient (Wildman–Crippen LogP) is 0.958. The molecule has 112 valence electrons. The van der Waals surface area contributed by atoms with Gasteiger partial charge in [0.2, 0.25) is 0 Å². The van der Waals surface area contributed by atoms with Crippen LogP contribution in [0.3, 0.4) is 0 Å². The molecule has 1 aromatic heterocycles. The van der Waals surface area contributed by atoms with Crippen LogP contribution >= 0.6 is 0 Å². The first kappa shape index (κ1) is 15.2. The van der Waals surface area contributed by atoms with Crippen LogP contribution in [0.25, 0.3) is 0 Å². The van der Waals surface area contributed by atoms with Crippen LogP contribution in [0.2, 0.25) is 0 Å². The summed E-state index contributed by atoms with van der Waals surface area (Å²) in [5.74, 6) is 1.13. The molecule has 1 unspecified atom stereocenters. The number of rotatable bonds is 7. The van der Waals surface area contributed by atoms with E-state index in [2.05, 4.69) is 40.3 Å². The molecule has 0 aliphatic carbocycles. The van der Waals surface area contributed by atoms with Gasteiger partial charge in [0, 0.05) is 51.1 Å². The first-order chi connectivity index (χ1) is 9.72. The van der Waals surface area contributed by atoms with Gasteiger partial charge in [-0.15, -0.1) is 0 Å². The number of ether oxygens (including phenoxy) is 1. The smallest absolute Gasteiger partial charge is 0.133 e. The van der Waals surface area contributed by atoms with Gasteiger partial charge in [-0.1, -0.05) is 6.07 Å². The molecule has 0 spiro atoms. The Balaban J connectivity index is 1.97. The molecule has 2 rings (SSSR count). The fraction of sp³-hybridized carbons (Fsp3) is 0.667. The van der Waals surface area contributed by atoms with E-state index in [1.807, 2.05) is 12.3 Å². The lowest BCUT2D eigenvalue weighted by Crippen LogP contribution is -2.32. The van der Waals surface area contributed by atoms with Crippen LogP contribution in [0.1, 0.15) is 12.0 Å². The number of pyridine rings is 1. The molecule has 2 heterocycles. The molecule has 5 nitrogen and oxygen atoms in total. The van der Waals surface area contributed by atoms with Crippen molar-refractivity contribution in [3.63, 3.8) is 0 Å². The number of nitrogens with zero attached hydrogens (tertiary/aromatic N) is 3. The maximum atomic E-state index is 5.06. The second kappa shape index (κ2) is 7.57. The largest absolute Gasteiger partial charge is 0.383 e. The van der Waals surface area contributed by atoms with E-state index >= 15 is 0 Å². The van der Waals surface area contributed by atoms with E-state index in [-0.39, 0.29) is 0 Å². The van der Waals surface area contributed by atoms with Crippen LogP contribution in [0.15, 0.2) is 18.3 Å². The monoisotopic (exact) mass is 278 g/mol. The molecule has 1 N–H and O–H groups in total. The zero-order valence-corrected chi connectivity index (χ0v) is 12.8. The summed E-state index contributed by atoms with van der Waals surface area (Å²) in [6.45, 7) is 4.60. The van der Waals surface area contributed by atoms with Crippen molar-refractivity contribution >= 4 is 5.82 Å². The van der Waals surface area contributed by atoms with Gasteiger partial charge in [0.15, 0.2) is 0 Å². The molecule has 0 saturated carbocycles. The first-order valence-electron chi connectivity index (χ1n) is 7.27. The maximum absolute atomic E-state index is 5.06. The number of anilines is 1. The van der Waals surface area contributed by atoms with Crippen molar-refractivity contribution in [2.24, 2.45) is 0 Å². The van der Waals surface area contributed by atoms with Crippen molar-refractivity contribution in [1.82, 2.24) is 15.2 Å². The Morgan fingerprint density at radius 3 is 3.05 bits per heavy atom. The molecule has 1 saturated heterocycles. The summed E-state index contributed by atoms with van der Waals surface area (Å²) in [6, 6.07) is 4.80. The maximum Gasteiger partial charge on any atom is 0.133 e. The first-order valence-corrected chi connectivity index (χ1v) is 7.27. The average molecular weight is 278 g/mol. The summed E-state index contributed by atoms with van der Waals surface area (Å²) >= 11 is 0. The Morgan fingerprint density at radius 2 is 2.35 bits per heavy atom. The van der Waals surface area contributed by atoms with Crippen molar-refractivity contribution < 1.29 is 4.74 Å². The highest BCUT2D eigenvalue weighted by Crippen LogP contribution is 2.23. The van der Waals surface area contributed by atoms with Gasteiger partial charge in [0.25, 0.3) is 0 Å². The van der Waals surface area contributed by atoms with E-state index in [1.54, 1.807) is 7.11 Å². The van der Waals surface area contributed by atoms with Gasteiger partial charge in [-0.25, -0.2) is 4.98 Å². The van der Waals surface area contributed by atoms with Crippen LogP contribution in [0, 0.1) is 0 Å². The van der Waals surface area contributed by atoms with Gasteiger partial charge < -0.3 is 19.9 Å². The molecule has 1 aliphatic rings. The lowest BCUT2D eigenvalue weighted by molar-refractivity contribution is 0.199. The highest BCUT2D eigenvalue weighted by atomic mass is 16.5. The molecular weight excluding hydrogens is 252 g/mol. The minimum Gasteiger partial charge on any atom is -0.383 e. The third-order valence-corrected chi connectivity index (χ3v) is 3.86. The fourth-order valence-corrected chi connectivity index (χ4v) is 2.61. The van der Waals surface area contributed by atoms with Crippen LogP contribution in [0.5, 0.6) is 0 Å². The standard InChI is InChI=1S/C15H26N4O/c1-18(2)14-6-9-19(12-14)15-13(5-4-7-17-15)11-16-8-10-20-3/h4-5,7,14,16H,6,8-12H2,1-3H3. The van der Waals surface area contributed by atoms with Gasteiger partial charge in [-0.2, -0.15) is 0 Å². The van der Waals surface area contributed by atoms with E-state index in [1.165, 1.54) is 12.0 Å². The zero-order valence-electron chi connectivity index (χ0n) is 12.8. The number of methoxy groups -OCH3 is 1. The number of aromatic nitrogens is 1. The summed E-state index contributed by atoms with van der Waals surface area (Å²) in [4.78, 5) is 9.30. The minimum absolute atomic E-state index is 0.631. The molecule has 1 fully saturated rings. The zero-order chi connectivity index (χ0) is 14.4. The number of likely N-dealkylation sites (N-methyl/N-ethyl adjacent to an activating group) is 1. The quantitative estimate of drug-likeness (QED) is 0.752. The van der Waals surface area contributed by atoms with Gasteiger partial charge in [0.1, 0.15) is 5.82 Å². The molecule has 0 bridgehead atoms. The predicted molar refractivity (Wildman–Crippen MR) is 82.1 cm³/mol. The van der Waals surface area contributed by atoms with Crippen LogP contribution in [0.4, 0.5) is 5.82 Å². The number of hydrogen-bond donors (Lipinski definition) is 1. The van der Waals surface area contributed by atoms with Crippen LogP contribution in [-0.4, -0.2) is 63.4 Å². The second-order valence-electron chi connectivity index (χ2n) is 5.51. The lowest BCUT2D eigenvalue weighted by Gasteiger charge is -2.23. The van der Waals surface area contributed by atoms with Crippen molar-refractivity contribution in [2.75, 3.05) is 52.3 Å². The molecular formula is C15H26N4O. The molecule has 0 radical (unpaired) electrons. The van der Waals surface area contributed by atoms with Crippen molar-refractivity contribution in [3.8, 4) is 0 Å². The summed E-state index contributed by atoms with van der Waals surface area (Å²) in [5.41, 5.74) is 1.27. The third kappa shape index (κ3) is 3.91. The van der Waals surface area contributed by atoms with E-state index in [4.69, 9.17) is 4.74 Å². The SMILES string of the molecule is COCCNCc1cccnc1N1CCC(N(C)C)C1. The summed E-state index contributed by atoms with van der Waals surface area (Å²) in [7, 11) is 6.03. The Kier molecular flexibility index (Phi) is 5.76. The van der Waals surface area contributed by atoms with E-state index in [0.29, 0.717) is 6.04 Å². The highest BCUT2D eigenvalue weighted by molar-refractivity contribution is 5.47. The van der Waals surface area contributed by atoms with Gasteiger partial charge in [-0.05, 0) is 26.6 Å². The Bertz CT molecular complexity index is 411. The third-order valence-electron chi connectivity index (χ3n) is 3.86. The average Bonchev–Trinajstić information content (AvgIpc) is 2.94. The second-order valence-corrected chi connectivity index (χ2v) is 5.51. The Hall–Kier alpha value is -1.17. The molecule has 5 heteroatoms. The van der Waals surface area contributed by atoms with E-state index in [9.17, 15) is 0 Å². The fourth-order valence-electron chi connectivity index (χ4n) is 2.61. The molecule has 1 atom stereocenters. The van der Waals surface area contributed by atoms with E-state index in [0.717, 1.165) is 38.6 Å². The Labute approximate surface area is 121 Å². The van der Waals surface area contributed by atoms with Gasteiger partial charge in [-0.3, -0.25) is 0 Å². The van der Waals surface area contributed by atoms with Gasteiger partial charge in [0.05, 0.1) is 6.61 Å². The van der Waals surface area contributed by atoms with Crippen LogP contribution in [-0.2, 0) is 11.3 Å². The molecule has 0 amide bonds. The Morgan fingerprint density at radius 1 is 1.50 bits per heavy atom. The highest BCUT2D eigenvalue weighted by Gasteiger charge is 2.25. The van der Waals surface area contributed by atoms with Crippen molar-refractivity contribution in [2.45, 2.75) is 19.0 Å². The van der Waals surface area contributed by atoms with Crippen molar-refractivity contribution in [3.05, 3.63) is 23.9 Å². The molecule has 20 heavy (non-hydrogen) atoms. The lowest BCUT2D eigenvalue weighted by atomic mass is 10.2. The van der Waals surface area contributed by atoms with Crippen molar-refractivity contribution in [1.29, 1.82) is 0 Å². The topological polar surface area (TPSA) is 40.6 Å². The summed E-state index contributed by atoms with van der Waals surface area (Å²) in [6.07, 6.45) is 3.09. The molecule has 0 aromatic carbocycles. The normalized spacial score (nSPS) is 19.0. The number of nitrogens with one attached hydrogen (secondary N) is 1. The van der Waals surface area contributed by atoms with Gasteiger partial charge >= 0.3 is 0 Å². The van der Waals surface area contributed by atoms with Crippen LogP contribution < -0.4 is 10.2 Å². The van der Waals surface area contributed by atoms with E-state index < -0.39 is 0 Å². The minimum atomic E-state index is 0.631. The summed E-state index contributed by atoms with van der Waals surface area (Å²) < 4.78 is 5.06. The molecule has 1 aliphatic heterocycles. The summed E-state index contributed by atoms with van der Waals surface area (Å²) in [5, 5.41) is 3.40.